The Bertz CT molecular complexity index is 740. The zero-order valence-electron chi connectivity index (χ0n) is 14.0. The summed E-state index contributed by atoms with van der Waals surface area (Å²) in [7, 11) is 0. The zero-order valence-corrected chi connectivity index (χ0v) is 14.0. The fourth-order valence-electron chi connectivity index (χ4n) is 3.75. The van der Waals surface area contributed by atoms with Crippen molar-refractivity contribution in [2.75, 3.05) is 19.7 Å². The van der Waals surface area contributed by atoms with Crippen LogP contribution in [0.15, 0.2) is 36.7 Å². The highest BCUT2D eigenvalue weighted by molar-refractivity contribution is 5.80. The Labute approximate surface area is 142 Å². The number of aromatic nitrogens is 2. The smallest absolute Gasteiger partial charge is 0.229 e. The summed E-state index contributed by atoms with van der Waals surface area (Å²) in [5.74, 6) is 1.07. The van der Waals surface area contributed by atoms with Gasteiger partial charge in [0.25, 0.3) is 0 Å². The van der Waals surface area contributed by atoms with Crippen LogP contribution in [0, 0.1) is 12.8 Å². The molecule has 24 heavy (non-hydrogen) atoms. The molecule has 0 saturated carbocycles. The van der Waals surface area contributed by atoms with E-state index in [1.165, 1.54) is 0 Å². The number of aryl methyl sites for hydroxylation is 1. The van der Waals surface area contributed by atoms with Crippen molar-refractivity contribution in [3.05, 3.63) is 47.8 Å². The number of para-hydroxylation sites is 1. The molecule has 5 nitrogen and oxygen atoms in total. The molecule has 126 valence electrons. The van der Waals surface area contributed by atoms with Gasteiger partial charge in [-0.05, 0) is 43.4 Å². The molecule has 0 spiro atoms. The molecule has 1 aromatic carbocycles. The summed E-state index contributed by atoms with van der Waals surface area (Å²) in [4.78, 5) is 15.0. The fourth-order valence-corrected chi connectivity index (χ4v) is 3.75. The van der Waals surface area contributed by atoms with Crippen molar-refractivity contribution in [1.82, 2.24) is 14.7 Å². The van der Waals surface area contributed by atoms with Gasteiger partial charge in [0.05, 0.1) is 18.2 Å². The zero-order chi connectivity index (χ0) is 16.5. The van der Waals surface area contributed by atoms with E-state index in [9.17, 15) is 4.79 Å². The van der Waals surface area contributed by atoms with E-state index in [2.05, 4.69) is 17.4 Å². The van der Waals surface area contributed by atoms with Crippen LogP contribution in [-0.2, 0) is 11.2 Å². The minimum atomic E-state index is -0.0713. The fraction of sp³-hybridized carbons (Fsp3) is 0.474. The van der Waals surface area contributed by atoms with Crippen molar-refractivity contribution >= 4 is 5.91 Å². The summed E-state index contributed by atoms with van der Waals surface area (Å²) in [6.07, 6.45) is 6.83. The lowest BCUT2D eigenvalue weighted by atomic mass is 9.94. The molecule has 4 rings (SSSR count). The first-order chi connectivity index (χ1) is 11.7. The Morgan fingerprint density at radius 2 is 2.21 bits per heavy atom. The van der Waals surface area contributed by atoms with Crippen LogP contribution in [0.2, 0.25) is 0 Å². The second-order valence-electron chi connectivity index (χ2n) is 6.90. The Kier molecular flexibility index (Phi) is 4.00. The molecule has 0 bridgehead atoms. The predicted molar refractivity (Wildman–Crippen MR) is 90.9 cm³/mol. The molecule has 5 heteroatoms. The molecule has 1 saturated heterocycles. The van der Waals surface area contributed by atoms with Crippen LogP contribution in [0.5, 0.6) is 5.75 Å². The van der Waals surface area contributed by atoms with Crippen LogP contribution in [0.4, 0.5) is 0 Å². The highest BCUT2D eigenvalue weighted by atomic mass is 16.5. The molecule has 0 aliphatic carbocycles. The molecule has 0 N–H and O–H groups in total. The van der Waals surface area contributed by atoms with Gasteiger partial charge in [-0.15, -0.1) is 0 Å². The molecule has 2 aliphatic heterocycles. The van der Waals surface area contributed by atoms with Crippen molar-refractivity contribution in [1.29, 1.82) is 0 Å². The van der Waals surface area contributed by atoms with Crippen LogP contribution in [0.3, 0.4) is 0 Å². The van der Waals surface area contributed by atoms with Crippen molar-refractivity contribution in [2.45, 2.75) is 32.2 Å². The SMILES string of the molecule is Cc1cnn(C2CCCN(C(=O)C3COc4ccccc4C3)C2)c1. The molecule has 1 aromatic heterocycles. The maximum atomic E-state index is 13.0. The largest absolute Gasteiger partial charge is 0.492 e. The number of amides is 1. The number of ether oxygens (including phenoxy) is 1. The Hall–Kier alpha value is -2.30. The number of nitrogens with zero attached hydrogens (tertiary/aromatic N) is 3. The van der Waals surface area contributed by atoms with E-state index in [1.807, 2.05) is 40.9 Å². The summed E-state index contributed by atoms with van der Waals surface area (Å²) in [5.41, 5.74) is 2.30. The highest BCUT2D eigenvalue weighted by Crippen LogP contribution is 2.29. The summed E-state index contributed by atoms with van der Waals surface area (Å²) in [6, 6.07) is 8.30. The average molecular weight is 325 g/mol. The van der Waals surface area contributed by atoms with E-state index in [4.69, 9.17) is 4.74 Å². The second kappa shape index (κ2) is 6.30. The van der Waals surface area contributed by atoms with E-state index in [0.29, 0.717) is 6.61 Å². The van der Waals surface area contributed by atoms with E-state index < -0.39 is 0 Å². The lowest BCUT2D eigenvalue weighted by Crippen LogP contribution is -2.46. The number of benzene rings is 1. The number of carbonyl (C=O) groups excluding carboxylic acids is 1. The highest BCUT2D eigenvalue weighted by Gasteiger charge is 2.32. The molecule has 0 radical (unpaired) electrons. The van der Waals surface area contributed by atoms with Crippen LogP contribution < -0.4 is 4.74 Å². The summed E-state index contributed by atoms with van der Waals surface area (Å²) in [5, 5.41) is 4.43. The molecule has 3 heterocycles. The summed E-state index contributed by atoms with van der Waals surface area (Å²) < 4.78 is 7.81. The second-order valence-corrected chi connectivity index (χ2v) is 6.90. The first-order valence-corrected chi connectivity index (χ1v) is 8.71. The molecular weight excluding hydrogens is 302 g/mol. The number of hydrogen-bond acceptors (Lipinski definition) is 3. The van der Waals surface area contributed by atoms with Crippen LogP contribution in [0.1, 0.15) is 30.0 Å². The van der Waals surface area contributed by atoms with Crippen LogP contribution >= 0.6 is 0 Å². The van der Waals surface area contributed by atoms with Gasteiger partial charge in [0, 0.05) is 19.3 Å². The first kappa shape index (κ1) is 15.2. The lowest BCUT2D eigenvalue weighted by Gasteiger charge is -2.36. The van der Waals surface area contributed by atoms with Gasteiger partial charge < -0.3 is 9.64 Å². The molecule has 1 fully saturated rings. The number of rotatable bonds is 2. The van der Waals surface area contributed by atoms with Crippen molar-refractivity contribution in [3.8, 4) is 5.75 Å². The van der Waals surface area contributed by atoms with E-state index in [-0.39, 0.29) is 17.9 Å². The van der Waals surface area contributed by atoms with Gasteiger partial charge in [-0.1, -0.05) is 18.2 Å². The number of carbonyl (C=O) groups is 1. The molecule has 2 aromatic rings. The third-order valence-electron chi connectivity index (χ3n) is 5.04. The van der Waals surface area contributed by atoms with Gasteiger partial charge in [0.2, 0.25) is 5.91 Å². The number of hydrogen-bond donors (Lipinski definition) is 0. The first-order valence-electron chi connectivity index (χ1n) is 8.71. The monoisotopic (exact) mass is 325 g/mol. The Morgan fingerprint density at radius 1 is 1.33 bits per heavy atom. The van der Waals surface area contributed by atoms with E-state index >= 15 is 0 Å². The predicted octanol–water partition coefficient (Wildman–Crippen LogP) is 2.61. The van der Waals surface area contributed by atoms with Gasteiger partial charge in [-0.2, -0.15) is 5.10 Å². The number of likely N-dealkylation sites (tertiary alicyclic amines) is 1. The summed E-state index contributed by atoms with van der Waals surface area (Å²) >= 11 is 0. The third kappa shape index (κ3) is 2.90. The standard InChI is InChI=1S/C19H23N3O2/c1-14-10-20-22(11-14)17-6-4-8-21(12-17)19(23)16-9-15-5-2-3-7-18(15)24-13-16/h2-3,5,7,10-11,16-17H,4,6,8-9,12-13H2,1H3. The number of fused-ring (bicyclic) bond motifs is 1. The van der Waals surface area contributed by atoms with Crippen molar-refractivity contribution < 1.29 is 9.53 Å². The van der Waals surface area contributed by atoms with Crippen molar-refractivity contribution in [2.24, 2.45) is 5.92 Å². The molecule has 1 amide bonds. The molecule has 2 atom stereocenters. The van der Waals surface area contributed by atoms with Crippen LogP contribution in [0.25, 0.3) is 0 Å². The molecular formula is C19H23N3O2. The van der Waals surface area contributed by atoms with E-state index in [0.717, 1.165) is 49.2 Å². The minimum Gasteiger partial charge on any atom is -0.492 e. The molecule has 2 aliphatic rings. The number of piperidine rings is 1. The quantitative estimate of drug-likeness (QED) is 0.853. The van der Waals surface area contributed by atoms with Gasteiger partial charge in [-0.3, -0.25) is 9.48 Å². The maximum Gasteiger partial charge on any atom is 0.229 e. The van der Waals surface area contributed by atoms with Gasteiger partial charge >= 0.3 is 0 Å². The normalized spacial score (nSPS) is 23.5. The molecule has 2 unspecified atom stereocenters. The topological polar surface area (TPSA) is 47.4 Å². The average Bonchev–Trinajstić information content (AvgIpc) is 3.07. The third-order valence-corrected chi connectivity index (χ3v) is 5.04. The van der Waals surface area contributed by atoms with E-state index in [1.54, 1.807) is 0 Å². The summed E-state index contributed by atoms with van der Waals surface area (Å²) in [6.45, 7) is 4.12. The maximum absolute atomic E-state index is 13.0. The Balaban J connectivity index is 1.45. The minimum absolute atomic E-state index is 0.0713. The van der Waals surface area contributed by atoms with Gasteiger partial charge in [-0.25, -0.2) is 0 Å². The van der Waals surface area contributed by atoms with Crippen molar-refractivity contribution in [3.63, 3.8) is 0 Å². The lowest BCUT2D eigenvalue weighted by molar-refractivity contribution is -0.138. The Morgan fingerprint density at radius 3 is 3.04 bits per heavy atom. The van der Waals surface area contributed by atoms with Crippen LogP contribution in [-0.4, -0.2) is 40.3 Å². The van der Waals surface area contributed by atoms with Gasteiger partial charge in [0.1, 0.15) is 12.4 Å². The van der Waals surface area contributed by atoms with Gasteiger partial charge in [0.15, 0.2) is 0 Å².